The van der Waals surface area contributed by atoms with Crippen LogP contribution in [0.2, 0.25) is 0 Å². The number of aryl methyl sites for hydroxylation is 1. The lowest BCUT2D eigenvalue weighted by molar-refractivity contribution is 0.0275. The van der Waals surface area contributed by atoms with Gasteiger partial charge in [-0.1, -0.05) is 23.4 Å². The maximum Gasteiger partial charge on any atom is 0.150 e. The van der Waals surface area contributed by atoms with Gasteiger partial charge in [0.1, 0.15) is 5.82 Å². The molecular formula is C15H19FN2O3. The van der Waals surface area contributed by atoms with Crippen LogP contribution in [-0.4, -0.2) is 29.5 Å². The Balaban J connectivity index is 1.61. The van der Waals surface area contributed by atoms with Crippen LogP contribution in [0.15, 0.2) is 34.9 Å². The highest BCUT2D eigenvalue weighted by molar-refractivity contribution is 5.16. The summed E-state index contributed by atoms with van der Waals surface area (Å²) in [5, 5.41) is 16.6. The molecule has 0 aliphatic heterocycles. The molecule has 0 radical (unpaired) electrons. The molecule has 2 rings (SSSR count). The van der Waals surface area contributed by atoms with Gasteiger partial charge in [0.05, 0.1) is 31.6 Å². The van der Waals surface area contributed by atoms with Gasteiger partial charge in [0, 0.05) is 18.2 Å². The third-order valence-corrected chi connectivity index (χ3v) is 2.88. The third-order valence-electron chi connectivity index (χ3n) is 2.88. The predicted octanol–water partition coefficient (Wildman–Crippen LogP) is 1.79. The number of benzene rings is 1. The summed E-state index contributed by atoms with van der Waals surface area (Å²) in [4.78, 5) is 0. The fourth-order valence-corrected chi connectivity index (χ4v) is 1.84. The molecule has 0 aliphatic carbocycles. The first-order chi connectivity index (χ1) is 10.1. The highest BCUT2D eigenvalue weighted by Crippen LogP contribution is 2.07. The largest absolute Gasteiger partial charge is 0.389 e. The molecule has 1 unspecified atom stereocenters. The van der Waals surface area contributed by atoms with E-state index in [4.69, 9.17) is 9.26 Å². The zero-order chi connectivity index (χ0) is 15.1. The fourth-order valence-electron chi connectivity index (χ4n) is 1.84. The minimum Gasteiger partial charge on any atom is -0.389 e. The molecule has 1 aromatic carbocycles. The number of halogens is 1. The Bertz CT molecular complexity index is 559. The summed E-state index contributed by atoms with van der Waals surface area (Å²) in [5.74, 6) is 0.415. The van der Waals surface area contributed by atoms with Crippen molar-refractivity contribution in [2.75, 3.05) is 13.2 Å². The summed E-state index contributed by atoms with van der Waals surface area (Å²) in [7, 11) is 0. The van der Waals surface area contributed by atoms with Crippen LogP contribution >= 0.6 is 0 Å². The van der Waals surface area contributed by atoms with Crippen LogP contribution in [-0.2, 0) is 17.9 Å². The normalized spacial score (nSPS) is 12.5. The average molecular weight is 294 g/mol. The Morgan fingerprint density at radius 1 is 1.43 bits per heavy atom. The zero-order valence-corrected chi connectivity index (χ0v) is 11.9. The van der Waals surface area contributed by atoms with Crippen molar-refractivity contribution in [3.05, 3.63) is 53.2 Å². The maximum absolute atomic E-state index is 13.3. The maximum atomic E-state index is 13.3. The third kappa shape index (κ3) is 5.26. The van der Waals surface area contributed by atoms with E-state index in [0.29, 0.717) is 24.4 Å². The molecule has 0 saturated heterocycles. The van der Waals surface area contributed by atoms with E-state index in [2.05, 4.69) is 10.5 Å². The Morgan fingerprint density at radius 3 is 2.95 bits per heavy atom. The van der Waals surface area contributed by atoms with E-state index in [-0.39, 0.29) is 19.0 Å². The lowest BCUT2D eigenvalue weighted by atomic mass is 10.2. The molecule has 0 spiro atoms. The highest BCUT2D eigenvalue weighted by atomic mass is 19.1. The molecule has 0 aliphatic rings. The van der Waals surface area contributed by atoms with Crippen LogP contribution in [0.4, 0.5) is 4.39 Å². The van der Waals surface area contributed by atoms with E-state index in [1.54, 1.807) is 18.2 Å². The van der Waals surface area contributed by atoms with E-state index >= 15 is 0 Å². The number of hydrogen-bond acceptors (Lipinski definition) is 5. The van der Waals surface area contributed by atoms with Crippen LogP contribution in [0.25, 0.3) is 0 Å². The van der Waals surface area contributed by atoms with Crippen molar-refractivity contribution in [1.82, 2.24) is 10.5 Å². The molecule has 0 fully saturated rings. The lowest BCUT2D eigenvalue weighted by Crippen LogP contribution is -2.30. The summed E-state index contributed by atoms with van der Waals surface area (Å²) < 4.78 is 23.7. The van der Waals surface area contributed by atoms with E-state index in [1.807, 2.05) is 13.0 Å². The first-order valence-electron chi connectivity index (χ1n) is 6.77. The molecule has 0 amide bonds. The Kier molecular flexibility index (Phi) is 5.86. The van der Waals surface area contributed by atoms with E-state index < -0.39 is 6.10 Å². The summed E-state index contributed by atoms with van der Waals surface area (Å²) in [6.45, 7) is 2.97. The van der Waals surface area contributed by atoms with Crippen LogP contribution in [0.5, 0.6) is 0 Å². The average Bonchev–Trinajstić information content (AvgIpc) is 2.87. The van der Waals surface area contributed by atoms with Crippen molar-refractivity contribution in [2.45, 2.75) is 26.2 Å². The molecule has 114 valence electrons. The lowest BCUT2D eigenvalue weighted by Gasteiger charge is -2.12. The molecule has 0 saturated carbocycles. The topological polar surface area (TPSA) is 67.5 Å². The number of nitrogens with one attached hydrogen (secondary N) is 1. The molecule has 1 heterocycles. The smallest absolute Gasteiger partial charge is 0.150 e. The number of aromatic nitrogens is 1. The van der Waals surface area contributed by atoms with Gasteiger partial charge in [-0.05, 0) is 13.0 Å². The van der Waals surface area contributed by atoms with Gasteiger partial charge in [-0.3, -0.25) is 0 Å². The van der Waals surface area contributed by atoms with Crippen LogP contribution < -0.4 is 5.32 Å². The van der Waals surface area contributed by atoms with Gasteiger partial charge >= 0.3 is 0 Å². The molecule has 1 aromatic heterocycles. The van der Waals surface area contributed by atoms with Crippen LogP contribution in [0, 0.1) is 12.7 Å². The number of rotatable bonds is 8. The Labute approximate surface area is 122 Å². The molecule has 6 heteroatoms. The minimum absolute atomic E-state index is 0.136. The van der Waals surface area contributed by atoms with Gasteiger partial charge in [0.25, 0.3) is 0 Å². The quantitative estimate of drug-likeness (QED) is 0.777. The SMILES string of the molecule is Cc1cc(CNCC(O)COCc2ccccc2F)on1. The zero-order valence-electron chi connectivity index (χ0n) is 11.9. The standard InChI is InChI=1S/C15H19FN2O3/c1-11-6-14(21-18-11)8-17-7-13(19)10-20-9-12-4-2-3-5-15(12)16/h2-6,13,17,19H,7-10H2,1H3. The number of aliphatic hydroxyl groups is 1. The van der Waals surface area contributed by atoms with Crippen molar-refractivity contribution >= 4 is 0 Å². The second-order valence-corrected chi connectivity index (χ2v) is 4.83. The highest BCUT2D eigenvalue weighted by Gasteiger charge is 2.07. The Morgan fingerprint density at radius 2 is 2.24 bits per heavy atom. The van der Waals surface area contributed by atoms with Gasteiger partial charge in [0.2, 0.25) is 0 Å². The van der Waals surface area contributed by atoms with E-state index in [1.165, 1.54) is 6.07 Å². The second-order valence-electron chi connectivity index (χ2n) is 4.83. The molecule has 21 heavy (non-hydrogen) atoms. The number of ether oxygens (including phenoxy) is 1. The van der Waals surface area contributed by atoms with Crippen molar-refractivity contribution in [3.8, 4) is 0 Å². The molecule has 2 aromatic rings. The van der Waals surface area contributed by atoms with Crippen molar-refractivity contribution < 1.29 is 18.8 Å². The first-order valence-corrected chi connectivity index (χ1v) is 6.77. The van der Waals surface area contributed by atoms with E-state index in [0.717, 1.165) is 5.69 Å². The number of hydrogen-bond donors (Lipinski definition) is 2. The summed E-state index contributed by atoms with van der Waals surface area (Å²) in [5.41, 5.74) is 1.30. The molecule has 1 atom stereocenters. The second kappa shape index (κ2) is 7.87. The monoisotopic (exact) mass is 294 g/mol. The Hall–Kier alpha value is -1.76. The van der Waals surface area contributed by atoms with Gasteiger partial charge < -0.3 is 19.7 Å². The minimum atomic E-state index is -0.666. The first kappa shape index (κ1) is 15.6. The van der Waals surface area contributed by atoms with Gasteiger partial charge in [-0.2, -0.15) is 0 Å². The number of aliphatic hydroxyl groups excluding tert-OH is 1. The molecular weight excluding hydrogens is 275 g/mol. The van der Waals surface area contributed by atoms with Crippen LogP contribution in [0.1, 0.15) is 17.0 Å². The predicted molar refractivity (Wildman–Crippen MR) is 75.0 cm³/mol. The molecule has 0 bridgehead atoms. The van der Waals surface area contributed by atoms with Gasteiger partial charge in [0.15, 0.2) is 5.76 Å². The van der Waals surface area contributed by atoms with Crippen LogP contribution in [0.3, 0.4) is 0 Å². The fraction of sp³-hybridized carbons (Fsp3) is 0.400. The number of nitrogens with zero attached hydrogens (tertiary/aromatic N) is 1. The molecule has 5 nitrogen and oxygen atoms in total. The summed E-state index contributed by atoms with van der Waals surface area (Å²) in [6.07, 6.45) is -0.666. The van der Waals surface area contributed by atoms with Gasteiger partial charge in [-0.15, -0.1) is 0 Å². The molecule has 2 N–H and O–H groups in total. The van der Waals surface area contributed by atoms with Gasteiger partial charge in [-0.25, -0.2) is 4.39 Å². The summed E-state index contributed by atoms with van der Waals surface area (Å²) >= 11 is 0. The van der Waals surface area contributed by atoms with Crippen molar-refractivity contribution in [1.29, 1.82) is 0 Å². The summed E-state index contributed by atoms with van der Waals surface area (Å²) in [6, 6.07) is 8.25. The van der Waals surface area contributed by atoms with E-state index in [9.17, 15) is 9.50 Å². The van der Waals surface area contributed by atoms with Crippen molar-refractivity contribution in [2.24, 2.45) is 0 Å². The van der Waals surface area contributed by atoms with Crippen molar-refractivity contribution in [3.63, 3.8) is 0 Å².